The molecule has 0 aliphatic carbocycles. The molecule has 0 fully saturated rings. The van der Waals surface area contributed by atoms with Gasteiger partial charge in [0.1, 0.15) is 0 Å². The topological polar surface area (TPSA) is 72.2 Å². The molecule has 0 aromatic heterocycles. The second kappa shape index (κ2) is 6.74. The van der Waals surface area contributed by atoms with Crippen LogP contribution in [0.4, 0.5) is 5.69 Å². The summed E-state index contributed by atoms with van der Waals surface area (Å²) in [6.07, 6.45) is 2.01. The average molecular weight is 250 g/mol. The van der Waals surface area contributed by atoms with Crippen molar-refractivity contribution in [2.24, 2.45) is 5.92 Å². The maximum absolute atomic E-state index is 11.7. The highest BCUT2D eigenvalue weighted by atomic mass is 16.6. The van der Waals surface area contributed by atoms with Gasteiger partial charge in [0.15, 0.2) is 0 Å². The average Bonchev–Trinajstić information content (AvgIpc) is 2.34. The van der Waals surface area contributed by atoms with Crippen LogP contribution in [0.25, 0.3) is 0 Å². The highest BCUT2D eigenvalue weighted by Gasteiger charge is 2.08. The molecule has 5 heteroatoms. The number of hydrogen-bond acceptors (Lipinski definition) is 3. The Morgan fingerprint density at radius 2 is 1.94 bits per heavy atom. The van der Waals surface area contributed by atoms with Gasteiger partial charge in [-0.25, -0.2) is 0 Å². The number of carbonyl (C=O) groups excluding carboxylic acids is 1. The molecule has 0 bridgehead atoms. The van der Waals surface area contributed by atoms with Gasteiger partial charge in [-0.1, -0.05) is 13.8 Å². The molecule has 0 unspecified atom stereocenters. The minimum atomic E-state index is -0.482. The number of nitro groups is 1. The van der Waals surface area contributed by atoms with E-state index in [9.17, 15) is 14.9 Å². The van der Waals surface area contributed by atoms with Crippen molar-refractivity contribution in [2.45, 2.75) is 26.7 Å². The minimum Gasteiger partial charge on any atom is -0.352 e. The number of amides is 1. The fraction of sp³-hybridized carbons (Fsp3) is 0.462. The molecular weight excluding hydrogens is 232 g/mol. The number of nitrogens with zero attached hydrogens (tertiary/aromatic N) is 1. The third kappa shape index (κ3) is 4.53. The van der Waals surface area contributed by atoms with E-state index in [1.54, 1.807) is 0 Å². The van der Waals surface area contributed by atoms with Crippen molar-refractivity contribution in [3.8, 4) is 0 Å². The standard InChI is InChI=1S/C13H18N2O3/c1-10(2)4-3-9-14-13(16)11-5-7-12(8-6-11)15(17)18/h5-8,10H,3-4,9H2,1-2H3,(H,14,16). The van der Waals surface area contributed by atoms with Crippen LogP contribution in [-0.4, -0.2) is 17.4 Å². The van der Waals surface area contributed by atoms with Crippen molar-refractivity contribution in [3.05, 3.63) is 39.9 Å². The van der Waals surface area contributed by atoms with Gasteiger partial charge in [0.25, 0.3) is 11.6 Å². The molecule has 98 valence electrons. The Bertz CT molecular complexity index is 413. The molecule has 0 aliphatic rings. The molecule has 0 spiro atoms. The molecule has 0 heterocycles. The quantitative estimate of drug-likeness (QED) is 0.479. The molecule has 18 heavy (non-hydrogen) atoms. The summed E-state index contributed by atoms with van der Waals surface area (Å²) in [5.41, 5.74) is 0.441. The molecule has 0 saturated carbocycles. The number of hydrogen-bond donors (Lipinski definition) is 1. The second-order valence-electron chi connectivity index (χ2n) is 4.60. The number of non-ortho nitro benzene ring substituents is 1. The monoisotopic (exact) mass is 250 g/mol. The number of rotatable bonds is 6. The second-order valence-corrected chi connectivity index (χ2v) is 4.60. The van der Waals surface area contributed by atoms with Gasteiger partial charge in [-0.2, -0.15) is 0 Å². The van der Waals surface area contributed by atoms with E-state index >= 15 is 0 Å². The van der Waals surface area contributed by atoms with Crippen LogP contribution in [0.5, 0.6) is 0 Å². The summed E-state index contributed by atoms with van der Waals surface area (Å²) < 4.78 is 0. The molecule has 1 amide bonds. The van der Waals surface area contributed by atoms with E-state index in [0.717, 1.165) is 12.8 Å². The summed E-state index contributed by atoms with van der Waals surface area (Å²) in [5, 5.41) is 13.3. The summed E-state index contributed by atoms with van der Waals surface area (Å²) >= 11 is 0. The molecule has 1 rings (SSSR count). The van der Waals surface area contributed by atoms with Crippen molar-refractivity contribution >= 4 is 11.6 Å². The largest absolute Gasteiger partial charge is 0.352 e. The predicted octanol–water partition coefficient (Wildman–Crippen LogP) is 2.76. The summed E-state index contributed by atoms with van der Waals surface area (Å²) in [7, 11) is 0. The van der Waals surface area contributed by atoms with Crippen LogP contribution in [-0.2, 0) is 0 Å². The Balaban J connectivity index is 2.44. The molecule has 0 radical (unpaired) electrons. The lowest BCUT2D eigenvalue weighted by Gasteiger charge is -2.06. The highest BCUT2D eigenvalue weighted by Crippen LogP contribution is 2.11. The summed E-state index contributed by atoms with van der Waals surface area (Å²) in [6.45, 7) is 4.91. The van der Waals surface area contributed by atoms with E-state index in [1.165, 1.54) is 24.3 Å². The first-order valence-corrected chi connectivity index (χ1v) is 6.03. The maximum atomic E-state index is 11.7. The third-order valence-corrected chi connectivity index (χ3v) is 2.58. The van der Waals surface area contributed by atoms with Crippen molar-refractivity contribution in [3.63, 3.8) is 0 Å². The smallest absolute Gasteiger partial charge is 0.269 e. The van der Waals surface area contributed by atoms with Crippen molar-refractivity contribution in [2.75, 3.05) is 6.54 Å². The first-order valence-electron chi connectivity index (χ1n) is 6.03. The number of nitro benzene ring substituents is 1. The van der Waals surface area contributed by atoms with Crippen molar-refractivity contribution in [1.29, 1.82) is 0 Å². The molecule has 1 aromatic rings. The molecule has 0 saturated heterocycles. The SMILES string of the molecule is CC(C)CCCNC(=O)c1ccc([N+](=O)[O-])cc1. The molecular formula is C13H18N2O3. The fourth-order valence-electron chi connectivity index (χ4n) is 1.55. The first-order chi connectivity index (χ1) is 8.50. The molecule has 0 atom stereocenters. The van der Waals surface area contributed by atoms with Gasteiger partial charge in [0, 0.05) is 24.2 Å². The van der Waals surface area contributed by atoms with Crippen molar-refractivity contribution < 1.29 is 9.72 Å². The van der Waals surface area contributed by atoms with Crippen molar-refractivity contribution in [1.82, 2.24) is 5.32 Å². The van der Waals surface area contributed by atoms with E-state index < -0.39 is 4.92 Å². The Labute approximate surface area is 106 Å². The zero-order valence-corrected chi connectivity index (χ0v) is 10.7. The van der Waals surface area contributed by atoms with Crippen LogP contribution in [0.3, 0.4) is 0 Å². The van der Waals surface area contributed by atoms with E-state index in [4.69, 9.17) is 0 Å². The van der Waals surface area contributed by atoms with E-state index in [1.807, 2.05) is 0 Å². The van der Waals surface area contributed by atoms with Gasteiger partial charge in [-0.05, 0) is 30.9 Å². The van der Waals surface area contributed by atoms with Crippen LogP contribution in [0, 0.1) is 16.0 Å². The van der Waals surface area contributed by atoms with Crippen LogP contribution in [0.15, 0.2) is 24.3 Å². The highest BCUT2D eigenvalue weighted by molar-refractivity contribution is 5.94. The van der Waals surface area contributed by atoms with Crippen LogP contribution >= 0.6 is 0 Å². The lowest BCUT2D eigenvalue weighted by molar-refractivity contribution is -0.384. The Morgan fingerprint density at radius 1 is 1.33 bits per heavy atom. The van der Waals surface area contributed by atoms with Gasteiger partial charge in [-0.3, -0.25) is 14.9 Å². The van der Waals surface area contributed by atoms with Crippen LogP contribution < -0.4 is 5.32 Å². The van der Waals surface area contributed by atoms with Gasteiger partial charge in [0.05, 0.1) is 4.92 Å². The molecule has 1 aromatic carbocycles. The van der Waals surface area contributed by atoms with Gasteiger partial charge < -0.3 is 5.32 Å². The van der Waals surface area contributed by atoms with Gasteiger partial charge >= 0.3 is 0 Å². The van der Waals surface area contributed by atoms with Gasteiger partial charge in [0.2, 0.25) is 0 Å². The van der Waals surface area contributed by atoms with E-state index in [2.05, 4.69) is 19.2 Å². The molecule has 1 N–H and O–H groups in total. The number of carbonyl (C=O) groups is 1. The summed E-state index contributed by atoms with van der Waals surface area (Å²) in [6, 6.07) is 5.61. The Kier molecular flexibility index (Phi) is 5.30. The summed E-state index contributed by atoms with van der Waals surface area (Å²) in [5.74, 6) is 0.440. The third-order valence-electron chi connectivity index (χ3n) is 2.58. The zero-order chi connectivity index (χ0) is 13.5. The Morgan fingerprint density at radius 3 is 2.44 bits per heavy atom. The Hall–Kier alpha value is -1.91. The maximum Gasteiger partial charge on any atom is 0.269 e. The van der Waals surface area contributed by atoms with Crippen LogP contribution in [0.2, 0.25) is 0 Å². The molecule has 0 aliphatic heterocycles. The normalized spacial score (nSPS) is 10.4. The van der Waals surface area contributed by atoms with E-state index in [0.29, 0.717) is 18.0 Å². The van der Waals surface area contributed by atoms with Gasteiger partial charge in [-0.15, -0.1) is 0 Å². The van der Waals surface area contributed by atoms with E-state index in [-0.39, 0.29) is 11.6 Å². The first kappa shape index (κ1) is 14.2. The lowest BCUT2D eigenvalue weighted by atomic mass is 10.1. The summed E-state index contributed by atoms with van der Waals surface area (Å²) in [4.78, 5) is 21.7. The number of benzene rings is 1. The lowest BCUT2D eigenvalue weighted by Crippen LogP contribution is -2.24. The van der Waals surface area contributed by atoms with Crippen LogP contribution in [0.1, 0.15) is 37.0 Å². The minimum absolute atomic E-state index is 0.00800. The fourth-order valence-corrected chi connectivity index (χ4v) is 1.55. The zero-order valence-electron chi connectivity index (χ0n) is 10.7. The predicted molar refractivity (Wildman–Crippen MR) is 69.5 cm³/mol. The molecule has 5 nitrogen and oxygen atoms in total. The number of nitrogens with one attached hydrogen (secondary N) is 1.